The van der Waals surface area contributed by atoms with Crippen LogP contribution in [0.5, 0.6) is 0 Å². The van der Waals surface area contributed by atoms with Gasteiger partial charge in [0.2, 0.25) is 0 Å². The molecule has 0 spiro atoms. The maximum atomic E-state index is 2.33. The highest BCUT2D eigenvalue weighted by Gasteiger charge is 2.38. The molecular formula is C92H82. The average molecular weight is 1190 g/mol. The van der Waals surface area contributed by atoms with Crippen LogP contribution in [0.4, 0.5) is 0 Å². The van der Waals surface area contributed by atoms with E-state index in [0.717, 1.165) is 0 Å². The van der Waals surface area contributed by atoms with E-state index >= 15 is 0 Å². The summed E-state index contributed by atoms with van der Waals surface area (Å²) in [7, 11) is 0. The van der Waals surface area contributed by atoms with Crippen molar-refractivity contribution in [1.29, 1.82) is 0 Å². The second-order valence-corrected chi connectivity index (χ2v) is 25.6. The van der Waals surface area contributed by atoms with E-state index in [-0.39, 0.29) is 5.41 Å². The number of hydrogen-bond acceptors (Lipinski definition) is 0. The summed E-state index contributed by atoms with van der Waals surface area (Å²) in [5.74, 6) is 1.11. The SMILES string of the molecule is CC1=C2C=CC3=CC=CC4=CC=C(C=C1)C2C34.Cc1ccc(-c2ccccc2)cc1.Cc1ccc2c(c1)C(C)(C)c1ccccc1-2.Cc1ccc2c3c(cccc13)-c1ccccc1-2.Cc1ccc2ccccc2c1.Cc1cccc2ccccc12.Cc1ccccc1. The molecule has 0 fully saturated rings. The molecule has 0 aliphatic heterocycles. The van der Waals surface area contributed by atoms with Crippen LogP contribution < -0.4 is 0 Å². The van der Waals surface area contributed by atoms with E-state index in [0.29, 0.717) is 11.8 Å². The third kappa shape index (κ3) is 13.4. The van der Waals surface area contributed by atoms with Gasteiger partial charge < -0.3 is 0 Å². The average Bonchev–Trinajstić information content (AvgIpc) is 1.42. The summed E-state index contributed by atoms with van der Waals surface area (Å²) in [6, 6.07) is 94.4. The standard InChI is InChI=1S/C17H12.C17H14.C16H16.C13H12.2C11H10.C7H8/c1-11-9-10-16-14-6-3-2-5-13(14)15-8-4-7-12(11)17(15)16;1-11-5-6-14-8-7-12-3-2-4-13-9-10-15(11)17(14)16(12)13;1-11-8-9-13-12-6-4-5-7-14(12)16(2,3)15(13)10-11;1-11-7-9-13(10-8-11)12-5-3-2-4-6-12;1-9-5-4-7-10-6-2-3-8-11(9)10;1-9-6-7-10-4-2-3-5-11(10)8-9;1-7-5-3-2-4-6-7/h2-10H,1H3;2-10,16-17H,1H3;4-10H,1-3H3;2-10H,1H3;2*2-8H,1H3;2-6H,1H3. The zero-order valence-corrected chi connectivity index (χ0v) is 54.8. The number of allylic oxidation sites excluding steroid dienone is 14. The molecule has 0 heterocycles. The fourth-order valence-corrected chi connectivity index (χ4v) is 13.7. The van der Waals surface area contributed by atoms with Crippen molar-refractivity contribution in [2.24, 2.45) is 11.8 Å². The first kappa shape index (κ1) is 61.8. The second-order valence-electron chi connectivity index (χ2n) is 25.6. The van der Waals surface area contributed by atoms with Crippen molar-refractivity contribution in [3.05, 3.63) is 394 Å². The predicted molar refractivity (Wildman–Crippen MR) is 398 cm³/mol. The molecular weight excluding hydrogens is 1110 g/mol. The lowest BCUT2D eigenvalue weighted by Crippen LogP contribution is -2.28. The van der Waals surface area contributed by atoms with E-state index in [9.17, 15) is 0 Å². The molecule has 2 atom stereocenters. The highest BCUT2D eigenvalue weighted by Crippen LogP contribution is 2.51. The Morgan fingerprint density at radius 1 is 0.283 bits per heavy atom. The molecule has 0 N–H and O–H groups in total. The number of fused-ring (bicyclic) bond motifs is 8. The summed E-state index contributed by atoms with van der Waals surface area (Å²) in [6.07, 6.45) is 20.4. The molecule has 2 unspecified atom stereocenters. The lowest BCUT2D eigenvalue weighted by atomic mass is 9.64. The minimum Gasteiger partial charge on any atom is -0.0622 e. The van der Waals surface area contributed by atoms with Crippen LogP contribution in [0.3, 0.4) is 0 Å². The molecule has 18 rings (SSSR count). The molecule has 0 bridgehead atoms. The summed E-state index contributed by atoms with van der Waals surface area (Å²) in [5, 5.41) is 8.14. The van der Waals surface area contributed by atoms with Crippen LogP contribution in [-0.2, 0) is 5.41 Å². The van der Waals surface area contributed by atoms with E-state index < -0.39 is 0 Å². The van der Waals surface area contributed by atoms with Gasteiger partial charge in [-0.2, -0.15) is 0 Å². The van der Waals surface area contributed by atoms with Crippen LogP contribution >= 0.6 is 0 Å². The van der Waals surface area contributed by atoms with E-state index in [4.69, 9.17) is 0 Å². The quantitative estimate of drug-likeness (QED) is 0.154. The Kier molecular flexibility index (Phi) is 18.7. The maximum absolute atomic E-state index is 2.33. The van der Waals surface area contributed by atoms with Gasteiger partial charge in [-0.1, -0.05) is 358 Å². The van der Waals surface area contributed by atoms with Gasteiger partial charge in [0.05, 0.1) is 0 Å². The number of benzene rings is 12. The molecule has 0 nitrogen and oxygen atoms in total. The first-order chi connectivity index (χ1) is 44.8. The van der Waals surface area contributed by atoms with Crippen LogP contribution in [0, 0.1) is 53.4 Å². The van der Waals surface area contributed by atoms with E-state index in [1.807, 2.05) is 24.3 Å². The predicted octanol–water partition coefficient (Wildman–Crippen LogP) is 25.1. The fourth-order valence-electron chi connectivity index (χ4n) is 13.7. The molecule has 0 amide bonds. The van der Waals surface area contributed by atoms with Gasteiger partial charge in [-0.05, 0) is 175 Å². The molecule has 0 radical (unpaired) electrons. The fraction of sp³-hybridized carbons (Fsp3) is 0.130. The van der Waals surface area contributed by atoms with Crippen molar-refractivity contribution in [1.82, 2.24) is 0 Å². The van der Waals surface area contributed by atoms with Crippen molar-refractivity contribution in [2.75, 3.05) is 0 Å². The highest BCUT2D eigenvalue weighted by molar-refractivity contribution is 6.16. The molecule has 0 aromatic heterocycles. The molecule has 12 aromatic rings. The van der Waals surface area contributed by atoms with Crippen LogP contribution in [-0.4, -0.2) is 0 Å². The summed E-state index contributed by atoms with van der Waals surface area (Å²) < 4.78 is 0. The largest absolute Gasteiger partial charge is 0.0622 e. The summed E-state index contributed by atoms with van der Waals surface area (Å²) in [4.78, 5) is 0. The monoisotopic (exact) mass is 1190 g/mol. The molecule has 6 aliphatic rings. The minimum atomic E-state index is 0.151. The van der Waals surface area contributed by atoms with E-state index in [1.165, 1.54) is 149 Å². The van der Waals surface area contributed by atoms with Gasteiger partial charge in [0.25, 0.3) is 0 Å². The van der Waals surface area contributed by atoms with E-state index in [2.05, 4.69) is 360 Å². The second kappa shape index (κ2) is 27.8. The van der Waals surface area contributed by atoms with Gasteiger partial charge in [0.1, 0.15) is 0 Å². The van der Waals surface area contributed by atoms with Crippen molar-refractivity contribution in [2.45, 2.75) is 67.7 Å². The first-order valence-corrected chi connectivity index (χ1v) is 32.5. The van der Waals surface area contributed by atoms with Gasteiger partial charge in [0, 0.05) is 17.3 Å². The Morgan fingerprint density at radius 3 is 1.49 bits per heavy atom. The lowest BCUT2D eigenvalue weighted by molar-refractivity contribution is 0.560. The Hall–Kier alpha value is -10.4. The van der Waals surface area contributed by atoms with Crippen molar-refractivity contribution < 1.29 is 0 Å². The Labute approximate surface area is 547 Å². The van der Waals surface area contributed by atoms with Crippen LogP contribution in [0.2, 0.25) is 0 Å². The van der Waals surface area contributed by atoms with Gasteiger partial charge >= 0.3 is 0 Å². The number of aryl methyl sites for hydroxylation is 6. The van der Waals surface area contributed by atoms with Gasteiger partial charge in [0.15, 0.2) is 0 Å². The molecule has 92 heavy (non-hydrogen) atoms. The van der Waals surface area contributed by atoms with Gasteiger partial charge in [-0.25, -0.2) is 0 Å². The molecule has 6 aliphatic carbocycles. The summed E-state index contributed by atoms with van der Waals surface area (Å²) in [6.45, 7) is 19.7. The highest BCUT2D eigenvalue weighted by atomic mass is 14.4. The molecule has 450 valence electrons. The van der Waals surface area contributed by atoms with Crippen LogP contribution in [0.1, 0.15) is 65.3 Å². The molecule has 0 saturated carbocycles. The van der Waals surface area contributed by atoms with Gasteiger partial charge in [-0.15, -0.1) is 0 Å². The Bertz CT molecular complexity index is 4830. The minimum absolute atomic E-state index is 0.151. The third-order valence-electron chi connectivity index (χ3n) is 18.7. The molecule has 0 heteroatoms. The maximum Gasteiger partial charge on any atom is 0.0201 e. The van der Waals surface area contributed by atoms with Crippen molar-refractivity contribution in [3.63, 3.8) is 0 Å². The Balaban J connectivity index is 0.000000105. The van der Waals surface area contributed by atoms with E-state index in [1.54, 1.807) is 0 Å². The molecule has 0 saturated heterocycles. The lowest BCUT2D eigenvalue weighted by Gasteiger charge is -2.40. The summed E-state index contributed by atoms with van der Waals surface area (Å²) >= 11 is 0. The zero-order chi connectivity index (χ0) is 63.7. The molecule has 12 aromatic carbocycles. The summed E-state index contributed by atoms with van der Waals surface area (Å²) in [5.41, 5.74) is 29.3. The topological polar surface area (TPSA) is 0 Å². The smallest absolute Gasteiger partial charge is 0.0201 e. The van der Waals surface area contributed by atoms with Crippen LogP contribution in [0.25, 0.3) is 76.8 Å². The Morgan fingerprint density at radius 2 is 0.772 bits per heavy atom. The zero-order valence-electron chi connectivity index (χ0n) is 54.8. The van der Waals surface area contributed by atoms with Gasteiger partial charge in [-0.3, -0.25) is 0 Å². The first-order valence-electron chi connectivity index (χ1n) is 32.5. The third-order valence-corrected chi connectivity index (χ3v) is 18.7. The number of rotatable bonds is 1. The van der Waals surface area contributed by atoms with Crippen molar-refractivity contribution in [3.8, 4) is 44.5 Å². The normalized spacial score (nSPS) is 15.3. The van der Waals surface area contributed by atoms with Crippen molar-refractivity contribution >= 4 is 32.3 Å². The van der Waals surface area contributed by atoms with Crippen LogP contribution in [0.15, 0.2) is 349 Å². The number of hydrogen-bond donors (Lipinski definition) is 0.